The lowest BCUT2D eigenvalue weighted by Gasteiger charge is -2.23. The zero-order valence-corrected chi connectivity index (χ0v) is 10.9. The van der Waals surface area contributed by atoms with E-state index in [0.717, 1.165) is 5.56 Å². The second-order valence-corrected chi connectivity index (χ2v) is 4.49. The fourth-order valence-electron chi connectivity index (χ4n) is 1.60. The summed E-state index contributed by atoms with van der Waals surface area (Å²) in [6.07, 6.45) is 0. The molecular weight excluding hydrogens is 238 g/mol. The van der Waals surface area contributed by atoms with Gasteiger partial charge in [0.25, 0.3) is 0 Å². The second-order valence-electron chi connectivity index (χ2n) is 4.49. The van der Waals surface area contributed by atoms with Gasteiger partial charge in [-0.3, -0.25) is 0 Å². The van der Waals surface area contributed by atoms with E-state index in [1.54, 1.807) is 12.1 Å². The van der Waals surface area contributed by atoms with Gasteiger partial charge in [-0.1, -0.05) is 12.1 Å². The van der Waals surface area contributed by atoms with Gasteiger partial charge in [-0.05, 0) is 38.5 Å². The summed E-state index contributed by atoms with van der Waals surface area (Å²) in [7, 11) is 0. The highest BCUT2D eigenvalue weighted by atomic mass is 19.3. The van der Waals surface area contributed by atoms with Crippen LogP contribution >= 0.6 is 0 Å². The molecule has 0 radical (unpaired) electrons. The van der Waals surface area contributed by atoms with Gasteiger partial charge in [0.2, 0.25) is 0 Å². The van der Waals surface area contributed by atoms with Crippen molar-refractivity contribution in [2.24, 2.45) is 5.73 Å². The van der Waals surface area contributed by atoms with Gasteiger partial charge in [0.15, 0.2) is 0 Å². The lowest BCUT2D eigenvalue weighted by molar-refractivity contribution is -0.0499. The smallest absolute Gasteiger partial charge is 0.387 e. The van der Waals surface area contributed by atoms with Crippen molar-refractivity contribution in [3.05, 3.63) is 29.8 Å². The summed E-state index contributed by atoms with van der Waals surface area (Å²) in [6.45, 7) is 3.06. The van der Waals surface area contributed by atoms with Gasteiger partial charge in [0.05, 0.1) is 0 Å². The lowest BCUT2D eigenvalue weighted by atomic mass is 10.1. The number of alkyl halides is 2. The summed E-state index contributed by atoms with van der Waals surface area (Å²) in [5, 5.41) is 3.31. The number of halogens is 2. The lowest BCUT2D eigenvalue weighted by Crippen LogP contribution is -2.41. The normalized spacial score (nSPS) is 16.4. The van der Waals surface area contributed by atoms with Crippen LogP contribution < -0.4 is 15.8 Å². The van der Waals surface area contributed by atoms with Crippen molar-refractivity contribution in [2.45, 2.75) is 45.5 Å². The van der Waals surface area contributed by atoms with Crippen molar-refractivity contribution in [1.82, 2.24) is 5.32 Å². The van der Waals surface area contributed by atoms with E-state index in [9.17, 15) is 8.78 Å². The van der Waals surface area contributed by atoms with Crippen LogP contribution in [0.5, 0.6) is 5.75 Å². The first kappa shape index (κ1) is 14.9. The van der Waals surface area contributed by atoms with Crippen LogP contribution in [0, 0.1) is 0 Å². The Morgan fingerprint density at radius 1 is 1.22 bits per heavy atom. The van der Waals surface area contributed by atoms with Crippen molar-refractivity contribution in [1.29, 1.82) is 0 Å². The molecule has 1 aromatic rings. The maximum atomic E-state index is 12.1. The minimum atomic E-state index is -2.80. The van der Waals surface area contributed by atoms with E-state index in [1.165, 1.54) is 6.07 Å². The molecule has 0 aliphatic heterocycles. The maximum Gasteiger partial charge on any atom is 0.387 e. The molecule has 0 spiro atoms. The van der Waals surface area contributed by atoms with Crippen molar-refractivity contribution in [3.8, 4) is 5.75 Å². The molecule has 18 heavy (non-hydrogen) atoms. The number of ether oxygens (including phenoxy) is 1. The molecule has 3 nitrogen and oxygen atoms in total. The number of benzene rings is 1. The monoisotopic (exact) mass is 258 g/mol. The van der Waals surface area contributed by atoms with Crippen LogP contribution in [0.1, 0.15) is 32.4 Å². The summed E-state index contributed by atoms with van der Waals surface area (Å²) in [6, 6.07) is 6.86. The zero-order valence-electron chi connectivity index (χ0n) is 10.9. The molecule has 0 aromatic heterocycles. The highest BCUT2D eigenvalue weighted by Crippen LogP contribution is 2.21. The molecule has 5 heteroatoms. The van der Waals surface area contributed by atoms with Crippen LogP contribution in [-0.4, -0.2) is 18.7 Å². The average molecular weight is 258 g/mol. The third kappa shape index (κ3) is 4.58. The van der Waals surface area contributed by atoms with E-state index in [4.69, 9.17) is 5.73 Å². The Kier molecular flexibility index (Phi) is 5.50. The molecule has 0 amide bonds. The predicted octanol–water partition coefficient (Wildman–Crippen LogP) is 2.67. The maximum absolute atomic E-state index is 12.1. The van der Waals surface area contributed by atoms with Crippen LogP contribution in [0.25, 0.3) is 0 Å². The summed E-state index contributed by atoms with van der Waals surface area (Å²) < 4.78 is 28.6. The van der Waals surface area contributed by atoms with Crippen LogP contribution in [0.2, 0.25) is 0 Å². The third-order valence-electron chi connectivity index (χ3n) is 2.88. The molecule has 102 valence electrons. The van der Waals surface area contributed by atoms with Gasteiger partial charge in [-0.2, -0.15) is 8.78 Å². The number of nitrogens with one attached hydrogen (secondary N) is 1. The molecule has 0 aliphatic rings. The van der Waals surface area contributed by atoms with Gasteiger partial charge in [-0.15, -0.1) is 0 Å². The van der Waals surface area contributed by atoms with E-state index in [2.05, 4.69) is 10.1 Å². The van der Waals surface area contributed by atoms with Gasteiger partial charge < -0.3 is 15.8 Å². The van der Waals surface area contributed by atoms with Gasteiger partial charge >= 0.3 is 6.61 Å². The largest absolute Gasteiger partial charge is 0.435 e. The number of nitrogens with two attached hydrogens (primary N) is 1. The van der Waals surface area contributed by atoms with Crippen LogP contribution in [-0.2, 0) is 0 Å². The van der Waals surface area contributed by atoms with Crippen LogP contribution in [0.3, 0.4) is 0 Å². The van der Waals surface area contributed by atoms with E-state index < -0.39 is 6.61 Å². The van der Waals surface area contributed by atoms with Gasteiger partial charge in [-0.25, -0.2) is 0 Å². The van der Waals surface area contributed by atoms with Crippen molar-refractivity contribution in [3.63, 3.8) is 0 Å². The van der Waals surface area contributed by atoms with Crippen LogP contribution in [0.15, 0.2) is 24.3 Å². The summed E-state index contributed by atoms with van der Waals surface area (Å²) in [4.78, 5) is 0. The minimum Gasteiger partial charge on any atom is -0.435 e. The molecule has 3 atom stereocenters. The average Bonchev–Trinajstić information content (AvgIpc) is 2.28. The van der Waals surface area contributed by atoms with E-state index >= 15 is 0 Å². The van der Waals surface area contributed by atoms with Gasteiger partial charge in [0.1, 0.15) is 5.75 Å². The molecule has 3 unspecified atom stereocenters. The molecule has 3 N–H and O–H groups in total. The molecule has 0 saturated heterocycles. The Hall–Kier alpha value is -1.20. The molecule has 0 aliphatic carbocycles. The van der Waals surface area contributed by atoms with Crippen molar-refractivity contribution in [2.75, 3.05) is 0 Å². The Morgan fingerprint density at radius 3 is 2.44 bits per heavy atom. The fourth-order valence-corrected chi connectivity index (χ4v) is 1.60. The highest BCUT2D eigenvalue weighted by molar-refractivity contribution is 5.30. The Balaban J connectivity index is 2.70. The van der Waals surface area contributed by atoms with Crippen molar-refractivity contribution >= 4 is 0 Å². The number of hydrogen-bond donors (Lipinski definition) is 2. The molecule has 0 heterocycles. The molecule has 0 fully saturated rings. The highest BCUT2D eigenvalue weighted by Gasteiger charge is 2.13. The zero-order chi connectivity index (χ0) is 13.7. The first-order valence-electron chi connectivity index (χ1n) is 5.96. The standard InChI is InChI=1S/C13H20F2N2O/c1-8(16)9(2)17-10(3)11-5-4-6-12(7-11)18-13(14)15/h4-10,13,17H,16H2,1-3H3. The SMILES string of the molecule is CC(NC(C)C(C)N)c1cccc(OC(F)F)c1. The minimum absolute atomic E-state index is 0.0206. The molecule has 1 rings (SSSR count). The Bertz CT molecular complexity index is 372. The summed E-state index contributed by atoms with van der Waals surface area (Å²) >= 11 is 0. The molecule has 0 saturated carbocycles. The molecular formula is C13H20F2N2O. The van der Waals surface area contributed by atoms with E-state index in [-0.39, 0.29) is 23.9 Å². The quantitative estimate of drug-likeness (QED) is 0.824. The first-order valence-corrected chi connectivity index (χ1v) is 5.96. The van der Waals surface area contributed by atoms with Crippen LogP contribution in [0.4, 0.5) is 8.78 Å². The number of rotatable bonds is 6. The second kappa shape index (κ2) is 6.66. The predicted molar refractivity (Wildman–Crippen MR) is 67.7 cm³/mol. The molecule has 0 bridgehead atoms. The Morgan fingerprint density at radius 2 is 1.89 bits per heavy atom. The van der Waals surface area contributed by atoms with Gasteiger partial charge in [0, 0.05) is 18.1 Å². The van der Waals surface area contributed by atoms with E-state index in [1.807, 2.05) is 26.8 Å². The first-order chi connectivity index (χ1) is 8.40. The fraction of sp³-hybridized carbons (Fsp3) is 0.538. The van der Waals surface area contributed by atoms with Crippen molar-refractivity contribution < 1.29 is 13.5 Å². The Labute approximate surface area is 106 Å². The summed E-state index contributed by atoms with van der Waals surface area (Å²) in [5.74, 6) is 0.171. The topological polar surface area (TPSA) is 47.3 Å². The third-order valence-corrected chi connectivity index (χ3v) is 2.88. The number of hydrogen-bond acceptors (Lipinski definition) is 3. The summed E-state index contributed by atoms with van der Waals surface area (Å²) in [5.41, 5.74) is 6.66. The van der Waals surface area contributed by atoms with E-state index in [0.29, 0.717) is 0 Å². The molecule has 1 aromatic carbocycles.